The van der Waals surface area contributed by atoms with E-state index in [4.69, 9.17) is 4.74 Å². The number of aryl methyl sites for hydroxylation is 1. The summed E-state index contributed by atoms with van der Waals surface area (Å²) in [5.74, 6) is 0.301. The first kappa shape index (κ1) is 17.5. The van der Waals surface area contributed by atoms with E-state index in [0.29, 0.717) is 11.3 Å². The van der Waals surface area contributed by atoms with Gasteiger partial charge >= 0.3 is 0 Å². The molecule has 0 aliphatic rings. The van der Waals surface area contributed by atoms with E-state index in [1.54, 1.807) is 24.3 Å². The molecular formula is C16H14Br2N2O3. The number of nitrogens with one attached hydrogen (secondary N) is 1. The number of phenols is 1. The second-order valence-electron chi connectivity index (χ2n) is 4.67. The van der Waals surface area contributed by atoms with Gasteiger partial charge in [-0.05, 0) is 52.7 Å². The number of hydrazone groups is 1. The van der Waals surface area contributed by atoms with Crippen LogP contribution >= 0.6 is 31.9 Å². The van der Waals surface area contributed by atoms with Crippen molar-refractivity contribution < 1.29 is 14.6 Å². The average molecular weight is 442 g/mol. The van der Waals surface area contributed by atoms with Crippen molar-refractivity contribution >= 4 is 44.0 Å². The molecule has 1 amide bonds. The van der Waals surface area contributed by atoms with Gasteiger partial charge in [-0.1, -0.05) is 28.1 Å². The van der Waals surface area contributed by atoms with Gasteiger partial charge in [0.05, 0.1) is 10.7 Å². The molecule has 0 saturated heterocycles. The highest BCUT2D eigenvalue weighted by atomic mass is 79.9. The Labute approximate surface area is 150 Å². The molecule has 5 nitrogen and oxygen atoms in total. The van der Waals surface area contributed by atoms with Crippen LogP contribution in [0, 0.1) is 6.92 Å². The van der Waals surface area contributed by atoms with Crippen molar-refractivity contribution in [2.45, 2.75) is 6.92 Å². The fraction of sp³-hybridized carbons (Fsp3) is 0.125. The van der Waals surface area contributed by atoms with Gasteiger partial charge in [0, 0.05) is 10.0 Å². The van der Waals surface area contributed by atoms with Gasteiger partial charge < -0.3 is 9.84 Å². The van der Waals surface area contributed by atoms with Gasteiger partial charge in [-0.25, -0.2) is 5.43 Å². The Morgan fingerprint density at radius 3 is 2.78 bits per heavy atom. The van der Waals surface area contributed by atoms with Gasteiger partial charge in [-0.3, -0.25) is 4.79 Å². The Hall–Kier alpha value is -1.86. The topological polar surface area (TPSA) is 70.9 Å². The number of rotatable bonds is 5. The summed E-state index contributed by atoms with van der Waals surface area (Å²) in [7, 11) is 0. The molecule has 7 heteroatoms. The van der Waals surface area contributed by atoms with Crippen molar-refractivity contribution in [2.75, 3.05) is 6.61 Å². The number of halogens is 2. The molecule has 0 saturated carbocycles. The van der Waals surface area contributed by atoms with E-state index in [0.717, 1.165) is 14.5 Å². The standard InChI is InChI=1S/C16H14Br2N2O3/c1-10-6-12(17)7-13(18)16(10)23-9-15(22)20-19-8-11-4-2-3-5-14(11)21/h2-8,21H,9H2,1H3,(H,20,22)/b19-8+. The number of para-hydroxylation sites is 1. The van der Waals surface area contributed by atoms with Crippen LogP contribution in [0.5, 0.6) is 11.5 Å². The van der Waals surface area contributed by atoms with Crippen molar-refractivity contribution in [2.24, 2.45) is 5.10 Å². The molecule has 0 fully saturated rings. The van der Waals surface area contributed by atoms with Gasteiger partial charge in [-0.15, -0.1) is 0 Å². The van der Waals surface area contributed by atoms with Crippen molar-refractivity contribution in [3.8, 4) is 11.5 Å². The number of ether oxygens (including phenoxy) is 1. The SMILES string of the molecule is Cc1cc(Br)cc(Br)c1OCC(=O)N/N=C/c1ccccc1O. The molecule has 23 heavy (non-hydrogen) atoms. The molecule has 0 bridgehead atoms. The Morgan fingerprint density at radius 2 is 2.09 bits per heavy atom. The number of hydrogen-bond donors (Lipinski definition) is 2. The molecule has 2 aromatic rings. The summed E-state index contributed by atoms with van der Waals surface area (Å²) in [6.45, 7) is 1.72. The van der Waals surface area contributed by atoms with Crippen LogP contribution < -0.4 is 10.2 Å². The first-order valence-electron chi connectivity index (χ1n) is 6.65. The number of nitrogens with zero attached hydrogens (tertiary/aromatic N) is 1. The highest BCUT2D eigenvalue weighted by Crippen LogP contribution is 2.32. The van der Waals surface area contributed by atoms with Crippen molar-refractivity contribution in [1.29, 1.82) is 0 Å². The predicted molar refractivity (Wildman–Crippen MR) is 95.9 cm³/mol. The fourth-order valence-corrected chi connectivity index (χ4v) is 3.37. The molecule has 0 spiro atoms. The van der Waals surface area contributed by atoms with Gasteiger partial charge in [-0.2, -0.15) is 5.10 Å². The number of carbonyl (C=O) groups excluding carboxylic acids is 1. The number of hydrogen-bond acceptors (Lipinski definition) is 4. The van der Waals surface area contributed by atoms with E-state index in [9.17, 15) is 9.90 Å². The zero-order valence-electron chi connectivity index (χ0n) is 12.2. The van der Waals surface area contributed by atoms with E-state index in [1.165, 1.54) is 6.21 Å². The van der Waals surface area contributed by atoms with E-state index in [1.807, 2.05) is 19.1 Å². The van der Waals surface area contributed by atoms with E-state index in [-0.39, 0.29) is 12.4 Å². The molecule has 0 radical (unpaired) electrons. The summed E-state index contributed by atoms with van der Waals surface area (Å²) in [6.07, 6.45) is 1.37. The number of phenolic OH excluding ortho intramolecular Hbond substituents is 1. The first-order valence-corrected chi connectivity index (χ1v) is 8.24. The third kappa shape index (κ3) is 5.07. The highest BCUT2D eigenvalue weighted by Gasteiger charge is 2.09. The average Bonchev–Trinajstić information content (AvgIpc) is 2.48. The largest absolute Gasteiger partial charge is 0.507 e. The van der Waals surface area contributed by atoms with Gasteiger partial charge in [0.15, 0.2) is 6.61 Å². The second kappa shape index (κ2) is 8.12. The van der Waals surface area contributed by atoms with Crippen LogP contribution in [-0.2, 0) is 4.79 Å². The zero-order chi connectivity index (χ0) is 16.8. The minimum atomic E-state index is -0.397. The number of amides is 1. The Balaban J connectivity index is 1.90. The summed E-state index contributed by atoms with van der Waals surface area (Å²) in [5.41, 5.74) is 3.76. The van der Waals surface area contributed by atoms with Crippen LogP contribution in [-0.4, -0.2) is 23.8 Å². The van der Waals surface area contributed by atoms with Gasteiger partial charge in [0.1, 0.15) is 11.5 Å². The number of aromatic hydroxyl groups is 1. The lowest BCUT2D eigenvalue weighted by molar-refractivity contribution is -0.123. The Morgan fingerprint density at radius 1 is 1.35 bits per heavy atom. The van der Waals surface area contributed by atoms with Crippen molar-refractivity contribution in [3.63, 3.8) is 0 Å². The lowest BCUT2D eigenvalue weighted by atomic mass is 10.2. The molecule has 2 aromatic carbocycles. The minimum Gasteiger partial charge on any atom is -0.507 e. The summed E-state index contributed by atoms with van der Waals surface area (Å²) >= 11 is 6.78. The number of benzene rings is 2. The van der Waals surface area contributed by atoms with Crippen LogP contribution in [0.15, 0.2) is 50.4 Å². The second-order valence-corrected chi connectivity index (χ2v) is 6.44. The van der Waals surface area contributed by atoms with E-state index >= 15 is 0 Å². The van der Waals surface area contributed by atoms with Crippen LogP contribution in [0.25, 0.3) is 0 Å². The molecule has 2 rings (SSSR count). The molecule has 2 N–H and O–H groups in total. The van der Waals surface area contributed by atoms with Gasteiger partial charge in [0.2, 0.25) is 0 Å². The maximum atomic E-state index is 11.7. The summed E-state index contributed by atoms with van der Waals surface area (Å²) in [5, 5.41) is 13.4. The molecule has 0 aliphatic carbocycles. The first-order chi connectivity index (χ1) is 11.0. The van der Waals surface area contributed by atoms with Crippen molar-refractivity contribution in [1.82, 2.24) is 5.43 Å². The van der Waals surface area contributed by atoms with Crippen LogP contribution in [0.3, 0.4) is 0 Å². The van der Waals surface area contributed by atoms with Crippen LogP contribution in [0.4, 0.5) is 0 Å². The fourth-order valence-electron chi connectivity index (χ4n) is 1.81. The number of carbonyl (C=O) groups is 1. The Kier molecular flexibility index (Phi) is 6.18. The Bertz CT molecular complexity index is 725. The van der Waals surface area contributed by atoms with Crippen LogP contribution in [0.1, 0.15) is 11.1 Å². The predicted octanol–water partition coefficient (Wildman–Crippen LogP) is 3.75. The molecule has 0 atom stereocenters. The summed E-state index contributed by atoms with van der Waals surface area (Å²) < 4.78 is 7.19. The quantitative estimate of drug-likeness (QED) is 0.548. The lowest BCUT2D eigenvalue weighted by Crippen LogP contribution is -2.24. The molecular weight excluding hydrogens is 428 g/mol. The molecule has 0 unspecified atom stereocenters. The summed E-state index contributed by atoms with van der Waals surface area (Å²) in [6, 6.07) is 10.4. The molecule has 0 heterocycles. The highest BCUT2D eigenvalue weighted by molar-refractivity contribution is 9.11. The third-order valence-corrected chi connectivity index (χ3v) is 3.92. The molecule has 0 aromatic heterocycles. The maximum absolute atomic E-state index is 11.7. The van der Waals surface area contributed by atoms with Gasteiger partial charge in [0.25, 0.3) is 5.91 Å². The zero-order valence-corrected chi connectivity index (χ0v) is 15.4. The maximum Gasteiger partial charge on any atom is 0.277 e. The summed E-state index contributed by atoms with van der Waals surface area (Å²) in [4.78, 5) is 11.7. The minimum absolute atomic E-state index is 0.0937. The van der Waals surface area contributed by atoms with Crippen LogP contribution in [0.2, 0.25) is 0 Å². The third-order valence-electron chi connectivity index (χ3n) is 2.87. The monoisotopic (exact) mass is 440 g/mol. The molecule has 0 aliphatic heterocycles. The van der Waals surface area contributed by atoms with E-state index < -0.39 is 5.91 Å². The van der Waals surface area contributed by atoms with E-state index in [2.05, 4.69) is 42.4 Å². The normalized spacial score (nSPS) is 10.7. The lowest BCUT2D eigenvalue weighted by Gasteiger charge is -2.10. The van der Waals surface area contributed by atoms with Crippen molar-refractivity contribution in [3.05, 3.63) is 56.5 Å². The smallest absolute Gasteiger partial charge is 0.277 e. The molecule has 120 valence electrons.